The molecule has 0 radical (unpaired) electrons. The first kappa shape index (κ1) is 12.3. The van der Waals surface area contributed by atoms with Gasteiger partial charge in [0.25, 0.3) is 0 Å². The molecule has 0 unspecified atom stereocenters. The van der Waals surface area contributed by atoms with E-state index in [1.807, 2.05) is 4.68 Å². The summed E-state index contributed by atoms with van der Waals surface area (Å²) < 4.78 is 3.10. The van der Waals surface area contributed by atoms with Crippen molar-refractivity contribution < 1.29 is 0 Å². The van der Waals surface area contributed by atoms with E-state index in [1.54, 1.807) is 12.7 Å². The van der Waals surface area contributed by atoms with Crippen LogP contribution in [0, 0.1) is 3.57 Å². The third kappa shape index (κ3) is 3.99. The van der Waals surface area contributed by atoms with Crippen LogP contribution in [-0.2, 0) is 6.54 Å². The highest BCUT2D eigenvalue weighted by Gasteiger charge is 2.03. The molecule has 1 N–H and O–H groups in total. The van der Waals surface area contributed by atoms with Gasteiger partial charge in [0, 0.05) is 21.8 Å². The number of anilines is 1. The molecule has 1 aromatic carbocycles. The number of nitrogens with one attached hydrogen (secondary N) is 1. The Bertz CT molecular complexity index is 455. The molecule has 1 atom stereocenters. The Morgan fingerprint density at radius 1 is 1.47 bits per heavy atom. The first-order valence-electron chi connectivity index (χ1n) is 5.58. The zero-order valence-electron chi connectivity index (χ0n) is 9.68. The van der Waals surface area contributed by atoms with Gasteiger partial charge in [0.2, 0.25) is 0 Å². The lowest BCUT2D eigenvalue weighted by Crippen LogP contribution is -2.17. The fraction of sp³-hybridized carbons (Fsp3) is 0.333. The molecule has 1 heterocycles. The van der Waals surface area contributed by atoms with Crippen molar-refractivity contribution in [3.05, 3.63) is 40.5 Å². The van der Waals surface area contributed by atoms with Gasteiger partial charge in [0.05, 0.1) is 0 Å². The molecule has 0 aliphatic rings. The van der Waals surface area contributed by atoms with Gasteiger partial charge in [-0.25, -0.2) is 4.98 Å². The van der Waals surface area contributed by atoms with Gasteiger partial charge in [0.15, 0.2) is 0 Å². The molecule has 0 aliphatic heterocycles. The molecule has 0 spiro atoms. The van der Waals surface area contributed by atoms with Crippen LogP contribution in [-0.4, -0.2) is 20.8 Å². The first-order valence-corrected chi connectivity index (χ1v) is 6.66. The standard InChI is InChI=1S/C12H15IN4/c1-10(5-6-17-9-14-8-15-17)16-12-4-2-3-11(13)7-12/h2-4,7-10,16H,5-6H2,1H3/t10-/m1/s1. The van der Waals surface area contributed by atoms with Crippen molar-refractivity contribution in [3.8, 4) is 0 Å². The van der Waals surface area contributed by atoms with Crippen LogP contribution < -0.4 is 5.32 Å². The Labute approximate surface area is 115 Å². The highest BCUT2D eigenvalue weighted by atomic mass is 127. The van der Waals surface area contributed by atoms with E-state index in [1.165, 1.54) is 9.26 Å². The van der Waals surface area contributed by atoms with E-state index >= 15 is 0 Å². The lowest BCUT2D eigenvalue weighted by atomic mass is 10.2. The van der Waals surface area contributed by atoms with Crippen LogP contribution >= 0.6 is 22.6 Å². The second-order valence-corrected chi connectivity index (χ2v) is 5.25. The van der Waals surface area contributed by atoms with E-state index in [0.29, 0.717) is 6.04 Å². The number of hydrogen-bond donors (Lipinski definition) is 1. The van der Waals surface area contributed by atoms with Crippen molar-refractivity contribution in [2.45, 2.75) is 25.9 Å². The Balaban J connectivity index is 1.83. The number of rotatable bonds is 5. The predicted molar refractivity (Wildman–Crippen MR) is 76.9 cm³/mol. The summed E-state index contributed by atoms with van der Waals surface area (Å²) in [5.41, 5.74) is 1.17. The maximum absolute atomic E-state index is 4.09. The molecular formula is C12H15IN4. The minimum Gasteiger partial charge on any atom is -0.382 e. The van der Waals surface area contributed by atoms with Gasteiger partial charge in [-0.15, -0.1) is 0 Å². The van der Waals surface area contributed by atoms with Gasteiger partial charge >= 0.3 is 0 Å². The second-order valence-electron chi connectivity index (χ2n) is 4.00. The summed E-state index contributed by atoms with van der Waals surface area (Å²) in [6, 6.07) is 8.80. The third-order valence-electron chi connectivity index (χ3n) is 2.50. The summed E-state index contributed by atoms with van der Waals surface area (Å²) in [6.45, 7) is 3.06. The molecule has 5 heteroatoms. The fourth-order valence-electron chi connectivity index (χ4n) is 1.61. The number of benzene rings is 1. The summed E-state index contributed by atoms with van der Waals surface area (Å²) in [7, 11) is 0. The van der Waals surface area contributed by atoms with Crippen molar-refractivity contribution in [2.24, 2.45) is 0 Å². The van der Waals surface area contributed by atoms with Crippen LogP contribution in [0.5, 0.6) is 0 Å². The number of nitrogens with zero attached hydrogens (tertiary/aromatic N) is 3. The van der Waals surface area contributed by atoms with E-state index < -0.39 is 0 Å². The zero-order chi connectivity index (χ0) is 12.1. The molecular weight excluding hydrogens is 327 g/mol. The van der Waals surface area contributed by atoms with E-state index in [-0.39, 0.29) is 0 Å². The number of hydrogen-bond acceptors (Lipinski definition) is 3. The van der Waals surface area contributed by atoms with Crippen LogP contribution in [0.25, 0.3) is 0 Å². The molecule has 90 valence electrons. The smallest absolute Gasteiger partial charge is 0.137 e. The maximum atomic E-state index is 4.09. The summed E-state index contributed by atoms with van der Waals surface area (Å²) in [4.78, 5) is 3.93. The number of aromatic nitrogens is 3. The number of aryl methyl sites for hydroxylation is 1. The highest BCUT2D eigenvalue weighted by molar-refractivity contribution is 14.1. The normalized spacial score (nSPS) is 12.4. The van der Waals surface area contributed by atoms with Crippen LogP contribution in [0.4, 0.5) is 5.69 Å². The third-order valence-corrected chi connectivity index (χ3v) is 3.17. The summed E-state index contributed by atoms with van der Waals surface area (Å²) in [6.07, 6.45) is 4.34. The molecule has 17 heavy (non-hydrogen) atoms. The molecule has 1 aromatic heterocycles. The molecule has 0 bridgehead atoms. The van der Waals surface area contributed by atoms with E-state index in [9.17, 15) is 0 Å². The van der Waals surface area contributed by atoms with E-state index in [0.717, 1.165) is 13.0 Å². The van der Waals surface area contributed by atoms with Gasteiger partial charge in [-0.05, 0) is 54.1 Å². The summed E-state index contributed by atoms with van der Waals surface area (Å²) >= 11 is 2.32. The minimum atomic E-state index is 0.414. The quantitative estimate of drug-likeness (QED) is 0.850. The Morgan fingerprint density at radius 3 is 3.06 bits per heavy atom. The monoisotopic (exact) mass is 342 g/mol. The lowest BCUT2D eigenvalue weighted by molar-refractivity contribution is 0.544. The number of halogens is 1. The van der Waals surface area contributed by atoms with Crippen molar-refractivity contribution in [1.82, 2.24) is 14.8 Å². The average Bonchev–Trinajstić information content (AvgIpc) is 2.79. The van der Waals surface area contributed by atoms with Gasteiger partial charge in [-0.1, -0.05) is 6.07 Å². The Kier molecular flexibility index (Phi) is 4.36. The van der Waals surface area contributed by atoms with Gasteiger partial charge in [0.1, 0.15) is 12.7 Å². The summed E-state index contributed by atoms with van der Waals surface area (Å²) in [5, 5.41) is 7.56. The van der Waals surface area contributed by atoms with Crippen LogP contribution in [0.15, 0.2) is 36.9 Å². The average molecular weight is 342 g/mol. The summed E-state index contributed by atoms with van der Waals surface area (Å²) in [5.74, 6) is 0. The van der Waals surface area contributed by atoms with E-state index in [4.69, 9.17) is 0 Å². The van der Waals surface area contributed by atoms with Gasteiger partial charge in [-0.3, -0.25) is 4.68 Å². The lowest BCUT2D eigenvalue weighted by Gasteiger charge is -2.15. The molecule has 0 saturated heterocycles. The topological polar surface area (TPSA) is 42.7 Å². The molecule has 0 amide bonds. The zero-order valence-corrected chi connectivity index (χ0v) is 11.8. The van der Waals surface area contributed by atoms with Crippen LogP contribution in [0.2, 0.25) is 0 Å². The first-order chi connectivity index (χ1) is 8.24. The molecule has 2 rings (SSSR count). The maximum Gasteiger partial charge on any atom is 0.137 e. The Hall–Kier alpha value is -1.11. The fourth-order valence-corrected chi connectivity index (χ4v) is 2.15. The molecule has 0 fully saturated rings. The van der Waals surface area contributed by atoms with Gasteiger partial charge in [-0.2, -0.15) is 5.10 Å². The predicted octanol–water partition coefficient (Wildman–Crippen LogP) is 2.77. The molecule has 0 aliphatic carbocycles. The Morgan fingerprint density at radius 2 is 2.35 bits per heavy atom. The van der Waals surface area contributed by atoms with Crippen molar-refractivity contribution >= 4 is 28.3 Å². The molecule has 0 saturated carbocycles. The second kappa shape index (κ2) is 6.00. The van der Waals surface area contributed by atoms with Crippen molar-refractivity contribution in [1.29, 1.82) is 0 Å². The van der Waals surface area contributed by atoms with Crippen molar-refractivity contribution in [3.63, 3.8) is 0 Å². The van der Waals surface area contributed by atoms with Crippen LogP contribution in [0.3, 0.4) is 0 Å². The molecule has 2 aromatic rings. The van der Waals surface area contributed by atoms with Gasteiger partial charge < -0.3 is 5.32 Å². The van der Waals surface area contributed by atoms with Crippen molar-refractivity contribution in [2.75, 3.05) is 5.32 Å². The van der Waals surface area contributed by atoms with E-state index in [2.05, 4.69) is 69.2 Å². The minimum absolute atomic E-state index is 0.414. The molecule has 4 nitrogen and oxygen atoms in total. The highest BCUT2D eigenvalue weighted by Crippen LogP contribution is 2.14. The SMILES string of the molecule is C[C@H](CCn1cncn1)Nc1cccc(I)c1. The van der Waals surface area contributed by atoms with Crippen LogP contribution in [0.1, 0.15) is 13.3 Å². The largest absolute Gasteiger partial charge is 0.382 e.